The summed E-state index contributed by atoms with van der Waals surface area (Å²) in [6, 6.07) is 6.82. The van der Waals surface area contributed by atoms with E-state index in [9.17, 15) is 0 Å². The SMILES string of the molecule is Cc1cccc(C)c1CC(NN)C1CCOCC1C. The van der Waals surface area contributed by atoms with Gasteiger partial charge in [-0.2, -0.15) is 0 Å². The van der Waals surface area contributed by atoms with Crippen LogP contribution in [0.25, 0.3) is 0 Å². The molecule has 0 amide bonds. The summed E-state index contributed by atoms with van der Waals surface area (Å²) in [6.07, 6.45) is 2.10. The van der Waals surface area contributed by atoms with E-state index in [2.05, 4.69) is 44.4 Å². The molecule has 19 heavy (non-hydrogen) atoms. The predicted molar refractivity (Wildman–Crippen MR) is 78.8 cm³/mol. The highest BCUT2D eigenvalue weighted by Gasteiger charge is 2.29. The van der Waals surface area contributed by atoms with Crippen LogP contribution in [0.5, 0.6) is 0 Å². The van der Waals surface area contributed by atoms with Crippen LogP contribution in [0.15, 0.2) is 18.2 Å². The number of nitrogens with one attached hydrogen (secondary N) is 1. The molecular formula is C16H26N2O. The van der Waals surface area contributed by atoms with Gasteiger partial charge in [-0.3, -0.25) is 11.3 Å². The highest BCUT2D eigenvalue weighted by atomic mass is 16.5. The molecule has 0 aliphatic carbocycles. The third kappa shape index (κ3) is 3.35. The monoisotopic (exact) mass is 262 g/mol. The van der Waals surface area contributed by atoms with Crippen molar-refractivity contribution in [1.82, 2.24) is 5.43 Å². The maximum Gasteiger partial charge on any atom is 0.0494 e. The number of hydrazine groups is 1. The Morgan fingerprint density at radius 2 is 2.05 bits per heavy atom. The first-order valence-electron chi connectivity index (χ1n) is 7.22. The average Bonchev–Trinajstić information content (AvgIpc) is 2.40. The molecule has 0 bridgehead atoms. The lowest BCUT2D eigenvalue weighted by Gasteiger charge is -2.35. The molecule has 0 spiro atoms. The number of aryl methyl sites for hydroxylation is 2. The van der Waals surface area contributed by atoms with E-state index in [1.165, 1.54) is 16.7 Å². The minimum absolute atomic E-state index is 0.332. The Balaban J connectivity index is 2.14. The Labute approximate surface area is 116 Å². The van der Waals surface area contributed by atoms with Crippen molar-refractivity contribution in [2.45, 2.75) is 39.7 Å². The first kappa shape index (κ1) is 14.5. The van der Waals surface area contributed by atoms with Crippen LogP contribution in [-0.2, 0) is 11.2 Å². The molecule has 3 heteroatoms. The average molecular weight is 262 g/mol. The molecule has 3 unspecified atom stereocenters. The second kappa shape index (κ2) is 6.51. The Kier molecular flexibility index (Phi) is 4.97. The molecule has 106 valence electrons. The summed E-state index contributed by atoms with van der Waals surface area (Å²) in [5.74, 6) is 6.99. The van der Waals surface area contributed by atoms with Gasteiger partial charge in [-0.15, -0.1) is 0 Å². The molecule has 1 aromatic rings. The Morgan fingerprint density at radius 3 is 2.63 bits per heavy atom. The molecule has 1 aromatic carbocycles. The van der Waals surface area contributed by atoms with Crippen LogP contribution in [0.1, 0.15) is 30.0 Å². The van der Waals surface area contributed by atoms with Crippen molar-refractivity contribution in [3.05, 3.63) is 34.9 Å². The van der Waals surface area contributed by atoms with Crippen LogP contribution in [0.2, 0.25) is 0 Å². The normalized spacial score (nSPS) is 25.3. The van der Waals surface area contributed by atoms with Gasteiger partial charge in [0, 0.05) is 19.3 Å². The quantitative estimate of drug-likeness (QED) is 0.647. The van der Waals surface area contributed by atoms with E-state index in [0.717, 1.165) is 26.1 Å². The Bertz CT molecular complexity index is 399. The van der Waals surface area contributed by atoms with Crippen LogP contribution in [0.3, 0.4) is 0 Å². The van der Waals surface area contributed by atoms with Crippen molar-refractivity contribution in [3.8, 4) is 0 Å². The van der Waals surface area contributed by atoms with Crippen molar-refractivity contribution in [2.75, 3.05) is 13.2 Å². The fourth-order valence-corrected chi connectivity index (χ4v) is 3.22. The van der Waals surface area contributed by atoms with E-state index in [-0.39, 0.29) is 0 Å². The van der Waals surface area contributed by atoms with Gasteiger partial charge in [0.05, 0.1) is 0 Å². The van der Waals surface area contributed by atoms with Crippen molar-refractivity contribution >= 4 is 0 Å². The van der Waals surface area contributed by atoms with Crippen LogP contribution >= 0.6 is 0 Å². The van der Waals surface area contributed by atoms with Crippen LogP contribution < -0.4 is 11.3 Å². The molecule has 2 rings (SSSR count). The van der Waals surface area contributed by atoms with Crippen molar-refractivity contribution in [3.63, 3.8) is 0 Å². The van der Waals surface area contributed by atoms with Crippen molar-refractivity contribution < 1.29 is 4.74 Å². The van der Waals surface area contributed by atoms with E-state index < -0.39 is 0 Å². The standard InChI is InChI=1S/C16H26N2O/c1-11-5-4-6-12(2)15(11)9-16(18-17)14-7-8-19-10-13(14)3/h4-6,13-14,16,18H,7-10,17H2,1-3H3. The third-order valence-corrected chi connectivity index (χ3v) is 4.51. The van der Waals surface area contributed by atoms with E-state index in [0.29, 0.717) is 17.9 Å². The maximum absolute atomic E-state index is 5.82. The topological polar surface area (TPSA) is 47.3 Å². The summed E-state index contributed by atoms with van der Waals surface area (Å²) < 4.78 is 5.54. The number of nitrogens with two attached hydrogens (primary N) is 1. The number of ether oxygens (including phenoxy) is 1. The van der Waals surface area contributed by atoms with Gasteiger partial charge >= 0.3 is 0 Å². The first-order valence-corrected chi connectivity index (χ1v) is 7.22. The van der Waals surface area contributed by atoms with E-state index >= 15 is 0 Å². The zero-order valence-corrected chi connectivity index (χ0v) is 12.3. The number of rotatable bonds is 4. The summed E-state index contributed by atoms with van der Waals surface area (Å²) in [5, 5.41) is 0. The Morgan fingerprint density at radius 1 is 1.37 bits per heavy atom. The fourth-order valence-electron chi connectivity index (χ4n) is 3.22. The summed E-state index contributed by atoms with van der Waals surface area (Å²) in [7, 11) is 0. The summed E-state index contributed by atoms with van der Waals surface area (Å²) in [6.45, 7) is 8.35. The lowest BCUT2D eigenvalue weighted by molar-refractivity contribution is 0.0109. The van der Waals surface area contributed by atoms with Gasteiger partial charge < -0.3 is 4.74 Å². The molecule has 0 radical (unpaired) electrons. The van der Waals surface area contributed by atoms with Gasteiger partial charge in [0.1, 0.15) is 0 Å². The second-order valence-electron chi connectivity index (χ2n) is 5.85. The zero-order valence-electron chi connectivity index (χ0n) is 12.3. The zero-order chi connectivity index (χ0) is 13.8. The van der Waals surface area contributed by atoms with Gasteiger partial charge in [-0.25, -0.2) is 0 Å². The van der Waals surface area contributed by atoms with Crippen LogP contribution in [0, 0.1) is 25.7 Å². The van der Waals surface area contributed by atoms with Gasteiger partial charge in [-0.1, -0.05) is 25.1 Å². The molecule has 0 saturated carbocycles. The summed E-state index contributed by atoms with van der Waals surface area (Å²) in [5.41, 5.74) is 7.21. The smallest absolute Gasteiger partial charge is 0.0494 e. The third-order valence-electron chi connectivity index (χ3n) is 4.51. The van der Waals surface area contributed by atoms with Gasteiger partial charge in [0.2, 0.25) is 0 Å². The maximum atomic E-state index is 5.82. The van der Waals surface area contributed by atoms with Crippen LogP contribution in [-0.4, -0.2) is 19.3 Å². The molecule has 0 aromatic heterocycles. The molecule has 1 aliphatic heterocycles. The highest BCUT2D eigenvalue weighted by molar-refractivity contribution is 5.34. The predicted octanol–water partition coefficient (Wildman–Crippen LogP) is 2.35. The minimum atomic E-state index is 0.332. The molecule has 3 atom stereocenters. The van der Waals surface area contributed by atoms with Gasteiger partial charge in [-0.05, 0) is 55.2 Å². The first-order chi connectivity index (χ1) is 9.13. The van der Waals surface area contributed by atoms with Gasteiger partial charge in [0.15, 0.2) is 0 Å². The van der Waals surface area contributed by atoms with Crippen LogP contribution in [0.4, 0.5) is 0 Å². The summed E-state index contributed by atoms with van der Waals surface area (Å²) in [4.78, 5) is 0. The van der Waals surface area contributed by atoms with E-state index in [4.69, 9.17) is 10.6 Å². The molecule has 3 nitrogen and oxygen atoms in total. The van der Waals surface area contributed by atoms with E-state index in [1.807, 2.05) is 0 Å². The fraction of sp³-hybridized carbons (Fsp3) is 0.625. The molecule has 1 aliphatic rings. The molecule has 1 fully saturated rings. The lowest BCUT2D eigenvalue weighted by Crippen LogP contribution is -2.47. The highest BCUT2D eigenvalue weighted by Crippen LogP contribution is 2.27. The van der Waals surface area contributed by atoms with E-state index in [1.54, 1.807) is 0 Å². The largest absolute Gasteiger partial charge is 0.381 e. The summed E-state index contributed by atoms with van der Waals surface area (Å²) >= 11 is 0. The lowest BCUT2D eigenvalue weighted by atomic mass is 9.80. The Hall–Kier alpha value is -0.900. The second-order valence-corrected chi connectivity index (χ2v) is 5.85. The molecule has 3 N–H and O–H groups in total. The number of benzene rings is 1. The number of hydrogen-bond donors (Lipinski definition) is 2. The minimum Gasteiger partial charge on any atom is -0.381 e. The number of hydrogen-bond acceptors (Lipinski definition) is 3. The van der Waals surface area contributed by atoms with Crippen molar-refractivity contribution in [1.29, 1.82) is 0 Å². The molecule has 1 saturated heterocycles. The van der Waals surface area contributed by atoms with Gasteiger partial charge in [0.25, 0.3) is 0 Å². The molecule has 1 heterocycles. The molecular weight excluding hydrogens is 236 g/mol. The van der Waals surface area contributed by atoms with Crippen molar-refractivity contribution in [2.24, 2.45) is 17.7 Å².